The van der Waals surface area contributed by atoms with Crippen LogP contribution >= 0.6 is 0 Å². The third kappa shape index (κ3) is 3.28. The fourth-order valence-corrected chi connectivity index (χ4v) is 1.54. The van der Waals surface area contributed by atoms with E-state index in [4.69, 9.17) is 19.9 Å². The first-order chi connectivity index (χ1) is 9.60. The van der Waals surface area contributed by atoms with Crippen LogP contribution in [0, 0.1) is 0 Å². The normalized spacial score (nSPS) is 10.4. The molecule has 0 saturated carbocycles. The molecule has 0 aliphatic carbocycles. The van der Waals surface area contributed by atoms with Crippen LogP contribution in [-0.2, 0) is 0 Å². The van der Waals surface area contributed by atoms with Gasteiger partial charge in [0.05, 0.1) is 13.2 Å². The van der Waals surface area contributed by atoms with E-state index in [1.807, 2.05) is 26.0 Å². The van der Waals surface area contributed by atoms with E-state index in [-0.39, 0.29) is 17.7 Å². The number of nitrogens with two attached hydrogens (primary N) is 1. The summed E-state index contributed by atoms with van der Waals surface area (Å²) in [5.74, 6) is 1.83. The van der Waals surface area contributed by atoms with Crippen molar-refractivity contribution in [3.8, 4) is 23.3 Å². The van der Waals surface area contributed by atoms with Crippen LogP contribution in [0.3, 0.4) is 0 Å². The number of hydrogen-bond donors (Lipinski definition) is 1. The first-order valence-corrected chi connectivity index (χ1v) is 6.19. The van der Waals surface area contributed by atoms with Gasteiger partial charge in [0.25, 0.3) is 0 Å². The zero-order valence-electron chi connectivity index (χ0n) is 11.7. The molecule has 0 amide bonds. The molecule has 1 heterocycles. The van der Waals surface area contributed by atoms with Crippen molar-refractivity contribution >= 4 is 5.69 Å². The molecule has 0 saturated heterocycles. The van der Waals surface area contributed by atoms with Crippen LogP contribution in [0.5, 0.6) is 23.3 Å². The summed E-state index contributed by atoms with van der Waals surface area (Å²) in [6.07, 6.45) is 1.32. The van der Waals surface area contributed by atoms with Crippen molar-refractivity contribution in [1.29, 1.82) is 0 Å². The van der Waals surface area contributed by atoms with Gasteiger partial charge in [-0.3, -0.25) is 0 Å². The fraction of sp³-hybridized carbons (Fsp3) is 0.286. The van der Waals surface area contributed by atoms with Crippen molar-refractivity contribution in [3.63, 3.8) is 0 Å². The van der Waals surface area contributed by atoms with Crippen LogP contribution in [0.2, 0.25) is 0 Å². The summed E-state index contributed by atoms with van der Waals surface area (Å²) in [4.78, 5) is 8.01. The summed E-state index contributed by atoms with van der Waals surface area (Å²) in [5, 5.41) is 0. The summed E-state index contributed by atoms with van der Waals surface area (Å²) in [6, 6.07) is 7.16. The molecule has 20 heavy (non-hydrogen) atoms. The fourth-order valence-electron chi connectivity index (χ4n) is 1.54. The number of rotatable bonds is 5. The number of nitrogens with zero attached hydrogens (tertiary/aromatic N) is 2. The maximum Gasteiger partial charge on any atom is 0.249 e. The average molecular weight is 275 g/mol. The molecule has 106 valence electrons. The molecule has 6 heteroatoms. The second kappa shape index (κ2) is 6.10. The van der Waals surface area contributed by atoms with Gasteiger partial charge in [0.15, 0.2) is 5.69 Å². The molecule has 0 fully saturated rings. The molecule has 0 spiro atoms. The van der Waals surface area contributed by atoms with Crippen LogP contribution in [0.4, 0.5) is 5.69 Å². The van der Waals surface area contributed by atoms with Crippen molar-refractivity contribution < 1.29 is 14.2 Å². The van der Waals surface area contributed by atoms with E-state index < -0.39 is 0 Å². The molecule has 0 radical (unpaired) electrons. The second-order valence-electron chi connectivity index (χ2n) is 4.35. The van der Waals surface area contributed by atoms with E-state index in [1.54, 1.807) is 19.2 Å². The molecular formula is C14H17N3O3. The van der Waals surface area contributed by atoms with Crippen LogP contribution in [0.15, 0.2) is 30.6 Å². The number of benzene rings is 1. The van der Waals surface area contributed by atoms with Gasteiger partial charge in [0.1, 0.15) is 17.8 Å². The molecule has 0 unspecified atom stereocenters. The minimum Gasteiger partial charge on any atom is -0.497 e. The molecule has 2 rings (SSSR count). The zero-order chi connectivity index (χ0) is 14.5. The van der Waals surface area contributed by atoms with Crippen molar-refractivity contribution in [2.75, 3.05) is 12.8 Å². The lowest BCUT2D eigenvalue weighted by Crippen LogP contribution is -2.10. The van der Waals surface area contributed by atoms with E-state index in [1.165, 1.54) is 6.33 Å². The Balaban J connectivity index is 2.24. The highest BCUT2D eigenvalue weighted by atomic mass is 16.5. The van der Waals surface area contributed by atoms with Crippen LogP contribution in [0.25, 0.3) is 0 Å². The lowest BCUT2D eigenvalue weighted by atomic mass is 10.3. The number of anilines is 1. The quantitative estimate of drug-likeness (QED) is 0.903. The van der Waals surface area contributed by atoms with Gasteiger partial charge < -0.3 is 19.9 Å². The Morgan fingerprint density at radius 3 is 2.50 bits per heavy atom. The number of hydrogen-bond acceptors (Lipinski definition) is 6. The molecule has 2 N–H and O–H groups in total. The van der Waals surface area contributed by atoms with Gasteiger partial charge in [0, 0.05) is 6.07 Å². The summed E-state index contributed by atoms with van der Waals surface area (Å²) in [5.41, 5.74) is 6.21. The van der Waals surface area contributed by atoms with Crippen molar-refractivity contribution in [2.24, 2.45) is 0 Å². The number of nitrogen functional groups attached to an aromatic ring is 1. The number of methoxy groups -OCH3 is 1. The van der Waals surface area contributed by atoms with Gasteiger partial charge in [-0.05, 0) is 26.0 Å². The Kier molecular flexibility index (Phi) is 4.24. The monoisotopic (exact) mass is 275 g/mol. The van der Waals surface area contributed by atoms with Gasteiger partial charge in [0.2, 0.25) is 11.8 Å². The highest BCUT2D eigenvalue weighted by Crippen LogP contribution is 2.32. The minimum atomic E-state index is -0.0307. The highest BCUT2D eigenvalue weighted by molar-refractivity contribution is 5.57. The largest absolute Gasteiger partial charge is 0.497 e. The zero-order valence-corrected chi connectivity index (χ0v) is 11.7. The number of ether oxygens (including phenoxy) is 3. The smallest absolute Gasteiger partial charge is 0.249 e. The van der Waals surface area contributed by atoms with Crippen molar-refractivity contribution in [1.82, 2.24) is 9.97 Å². The van der Waals surface area contributed by atoms with Crippen LogP contribution in [-0.4, -0.2) is 23.2 Å². The minimum absolute atomic E-state index is 0.0307. The van der Waals surface area contributed by atoms with E-state index >= 15 is 0 Å². The molecule has 0 bridgehead atoms. The molecule has 2 aromatic rings. The van der Waals surface area contributed by atoms with E-state index in [0.717, 1.165) is 0 Å². The Bertz CT molecular complexity index is 588. The standard InChI is InChI=1S/C14H17N3O3/c1-9(2)19-13-12(15)14(17-8-16-13)20-11-6-4-5-10(7-11)18-3/h4-9H,15H2,1-3H3. The predicted molar refractivity (Wildman–Crippen MR) is 75.3 cm³/mol. The molecule has 1 aromatic carbocycles. The third-order valence-corrected chi connectivity index (χ3v) is 2.41. The van der Waals surface area contributed by atoms with Crippen LogP contribution < -0.4 is 19.9 Å². The lowest BCUT2D eigenvalue weighted by molar-refractivity contribution is 0.232. The predicted octanol–water partition coefficient (Wildman–Crippen LogP) is 2.65. The lowest BCUT2D eigenvalue weighted by Gasteiger charge is -2.13. The molecule has 6 nitrogen and oxygen atoms in total. The number of aromatic nitrogens is 2. The van der Waals surface area contributed by atoms with E-state index in [9.17, 15) is 0 Å². The Morgan fingerprint density at radius 1 is 1.10 bits per heavy atom. The third-order valence-electron chi connectivity index (χ3n) is 2.41. The summed E-state index contributed by atoms with van der Waals surface area (Å²) in [6.45, 7) is 3.79. The summed E-state index contributed by atoms with van der Waals surface area (Å²) < 4.78 is 16.3. The summed E-state index contributed by atoms with van der Waals surface area (Å²) in [7, 11) is 1.59. The van der Waals surface area contributed by atoms with Gasteiger partial charge in [-0.2, -0.15) is 9.97 Å². The first kappa shape index (κ1) is 13.9. The molecule has 0 atom stereocenters. The van der Waals surface area contributed by atoms with E-state index in [2.05, 4.69) is 9.97 Å². The van der Waals surface area contributed by atoms with Crippen molar-refractivity contribution in [2.45, 2.75) is 20.0 Å². The topological polar surface area (TPSA) is 79.5 Å². The summed E-state index contributed by atoms with van der Waals surface area (Å²) >= 11 is 0. The van der Waals surface area contributed by atoms with Gasteiger partial charge in [-0.15, -0.1) is 0 Å². The average Bonchev–Trinajstić information content (AvgIpc) is 2.43. The van der Waals surface area contributed by atoms with E-state index in [0.29, 0.717) is 17.4 Å². The maximum absolute atomic E-state index is 5.94. The SMILES string of the molecule is COc1cccc(Oc2ncnc(OC(C)C)c2N)c1. The van der Waals surface area contributed by atoms with Crippen molar-refractivity contribution in [3.05, 3.63) is 30.6 Å². The highest BCUT2D eigenvalue weighted by Gasteiger charge is 2.12. The molecule has 1 aromatic heterocycles. The van der Waals surface area contributed by atoms with Gasteiger partial charge >= 0.3 is 0 Å². The maximum atomic E-state index is 5.94. The van der Waals surface area contributed by atoms with Gasteiger partial charge in [-0.25, -0.2) is 0 Å². The second-order valence-corrected chi connectivity index (χ2v) is 4.35. The molecule has 0 aliphatic rings. The van der Waals surface area contributed by atoms with Crippen LogP contribution in [0.1, 0.15) is 13.8 Å². The van der Waals surface area contributed by atoms with Gasteiger partial charge in [-0.1, -0.05) is 6.07 Å². The Hall–Kier alpha value is -2.50. The Morgan fingerprint density at radius 2 is 1.80 bits per heavy atom. The Labute approximate surface area is 117 Å². The first-order valence-electron chi connectivity index (χ1n) is 6.19. The molecule has 0 aliphatic heterocycles. The molecular weight excluding hydrogens is 258 g/mol.